The second-order valence-electron chi connectivity index (χ2n) is 0.204. The van der Waals surface area contributed by atoms with Gasteiger partial charge in [0.25, 0.3) is 0 Å². The molecule has 6 heavy (non-hydrogen) atoms. The van der Waals surface area contributed by atoms with Crippen molar-refractivity contribution < 1.29 is 96.1 Å². The van der Waals surface area contributed by atoms with Crippen LogP contribution >= 0.6 is 0 Å². The molecule has 0 rings (SSSR count). The number of rotatable bonds is 0. The average Bonchev–Trinajstić information content (AvgIpc) is 0.918. The van der Waals surface area contributed by atoms with Crippen LogP contribution in [-0.2, 0) is 24.1 Å². The van der Waals surface area contributed by atoms with Gasteiger partial charge in [-0.1, -0.05) is 0 Å². The van der Waals surface area contributed by atoms with E-state index in [2.05, 4.69) is 3.32 Å². The Morgan fingerprint density at radius 1 is 1.17 bits per heavy atom. The maximum absolute atomic E-state index is 4.25. The van der Waals surface area contributed by atoms with Crippen molar-refractivity contribution in [3.8, 4) is 0 Å². The zero-order chi connectivity index (χ0) is 2.71. The Morgan fingerprint density at radius 3 is 1.17 bits per heavy atom. The van der Waals surface area contributed by atoms with E-state index in [0.717, 1.165) is 0 Å². The average molecular weight is 460 g/mol. The molecule has 0 aromatic rings. The normalized spacial score (nSPS) is 3.17. The molecule has 0 aromatic heterocycles. The Hall–Kier alpha value is 2.86. The van der Waals surface area contributed by atoms with Gasteiger partial charge in [0.15, 0.2) is 0 Å². The molecule has 0 aromatic carbocycles. The summed E-state index contributed by atoms with van der Waals surface area (Å²) < 4.78 is 4.25. The molecule has 0 heterocycles. The van der Waals surface area contributed by atoms with Crippen molar-refractivity contribution in [1.82, 2.24) is 0 Å². The van der Waals surface area contributed by atoms with Gasteiger partial charge in [-0.15, -0.1) is 0 Å². The maximum Gasteiger partial charge on any atom is -1.00 e. The zero-order valence-electron chi connectivity index (χ0n) is 3.04. The molecule has 0 amide bonds. The Bertz CT molecular complexity index is 10.8. The van der Waals surface area contributed by atoms with Crippen LogP contribution in [0.4, 0.5) is 0 Å². The van der Waals surface area contributed by atoms with Crippen LogP contribution in [0.3, 0.4) is 0 Å². The molecule has 0 N–H and O–H groups in total. The predicted octanol–water partition coefficient (Wildman–Crippen LogP) is -8.89. The molecule has 0 aliphatic rings. The van der Waals surface area contributed by atoms with Crippen LogP contribution < -0.4 is 71.9 Å². The Morgan fingerprint density at radius 2 is 1.17 bits per heavy atom. The summed E-state index contributed by atoms with van der Waals surface area (Å²) in [6, 6.07) is 0. The van der Waals surface area contributed by atoms with Crippen LogP contribution in [0.2, 0.25) is 0 Å². The molecular weight excluding hydrogens is 457 g/mol. The van der Waals surface area contributed by atoms with Gasteiger partial charge in [0.1, 0.15) is 0 Å². The summed E-state index contributed by atoms with van der Waals surface area (Å²) in [7, 11) is 1.62. The second-order valence-corrected chi connectivity index (χ2v) is 0.842. The van der Waals surface area contributed by atoms with Gasteiger partial charge in [-0.25, -0.2) is 0 Å². The van der Waals surface area contributed by atoms with Crippen molar-refractivity contribution in [2.24, 2.45) is 0 Å². The third-order valence-corrected chi connectivity index (χ3v) is 0. The van der Waals surface area contributed by atoms with Crippen LogP contribution in [0.5, 0.6) is 0 Å². The fourth-order valence-corrected chi connectivity index (χ4v) is 0. The van der Waals surface area contributed by atoms with Gasteiger partial charge in [0.05, 0.1) is 0 Å². The number of halogens is 3. The fourth-order valence-electron chi connectivity index (χ4n) is 0. The van der Waals surface area contributed by atoms with E-state index < -0.39 is 0 Å². The minimum atomic E-state index is 0. The SMILES string of the molecule is C[O][Ti+3].[I-].[I-].[I-]. The molecule has 0 aliphatic heterocycles. The molecule has 0 spiro atoms. The fraction of sp³-hybridized carbons (Fsp3) is 1.00. The summed E-state index contributed by atoms with van der Waals surface area (Å²) in [4.78, 5) is 0. The smallest absolute Gasteiger partial charge is 1.00 e. The van der Waals surface area contributed by atoms with Crippen molar-refractivity contribution in [1.29, 1.82) is 0 Å². The first-order valence-electron chi connectivity index (χ1n) is 0.612. The summed E-state index contributed by atoms with van der Waals surface area (Å²) >= 11 is 1.62. The topological polar surface area (TPSA) is 9.23 Å². The molecule has 0 aliphatic carbocycles. The van der Waals surface area contributed by atoms with E-state index in [0.29, 0.717) is 0 Å². The quantitative estimate of drug-likeness (QED) is 0.258. The summed E-state index contributed by atoms with van der Waals surface area (Å²) in [5.74, 6) is 0. The van der Waals surface area contributed by atoms with Gasteiger partial charge < -0.3 is 71.9 Å². The Balaban J connectivity index is -0.00000000667. The minimum absolute atomic E-state index is 0. The van der Waals surface area contributed by atoms with E-state index >= 15 is 0 Å². The first-order chi connectivity index (χ1) is 1.41. The van der Waals surface area contributed by atoms with Crippen LogP contribution in [0.25, 0.3) is 0 Å². The zero-order valence-corrected chi connectivity index (χ0v) is 11.1. The molecule has 0 atom stereocenters. The molecule has 1 nitrogen and oxygen atoms in total. The minimum Gasteiger partial charge on any atom is -1.00 e. The molecule has 0 unspecified atom stereocenters. The van der Waals surface area contributed by atoms with Gasteiger partial charge >= 0.3 is 31.3 Å². The van der Waals surface area contributed by atoms with E-state index in [1.807, 2.05) is 0 Å². The molecule has 5 heteroatoms. The van der Waals surface area contributed by atoms with Crippen LogP contribution in [0.15, 0.2) is 0 Å². The second kappa shape index (κ2) is 24.8. The Kier molecular flexibility index (Phi) is 95.8. The van der Waals surface area contributed by atoms with E-state index in [9.17, 15) is 0 Å². The summed E-state index contributed by atoms with van der Waals surface area (Å²) in [6.45, 7) is 0. The summed E-state index contributed by atoms with van der Waals surface area (Å²) in [6.07, 6.45) is 0. The van der Waals surface area contributed by atoms with Crippen molar-refractivity contribution in [2.75, 3.05) is 7.11 Å². The van der Waals surface area contributed by atoms with Crippen LogP contribution in [0, 0.1) is 0 Å². The van der Waals surface area contributed by atoms with Crippen LogP contribution in [0.1, 0.15) is 0 Å². The third kappa shape index (κ3) is 28.8. The van der Waals surface area contributed by atoms with Gasteiger partial charge in [0, 0.05) is 0 Å². The predicted molar refractivity (Wildman–Crippen MR) is 7.01 cm³/mol. The molecule has 38 valence electrons. The molecule has 0 saturated carbocycles. The molecule has 0 radical (unpaired) electrons. The summed E-state index contributed by atoms with van der Waals surface area (Å²) in [5.41, 5.74) is 0. The first-order valence-corrected chi connectivity index (χ1v) is 1.25. The van der Waals surface area contributed by atoms with Crippen LogP contribution in [-0.4, -0.2) is 7.11 Å². The van der Waals surface area contributed by atoms with E-state index in [1.54, 1.807) is 27.9 Å². The van der Waals surface area contributed by atoms with Crippen molar-refractivity contribution in [3.05, 3.63) is 0 Å². The first kappa shape index (κ1) is 23.2. The maximum atomic E-state index is 4.25. The van der Waals surface area contributed by atoms with Gasteiger partial charge in [0.2, 0.25) is 0 Å². The number of hydrogen-bond donors (Lipinski definition) is 0. The molecule has 0 saturated heterocycles. The molecular formula is CH3I3OTi. The van der Waals surface area contributed by atoms with Gasteiger partial charge in [-0.05, 0) is 0 Å². The standard InChI is InChI=1S/CH3O.3HI.Ti/c1-2;;;;/h1H3;3*1H;/q-1;;;;+4/p-3. The number of hydrogen-bond acceptors (Lipinski definition) is 1. The Labute approximate surface area is 101 Å². The largest absolute Gasteiger partial charge is 1.00 e. The van der Waals surface area contributed by atoms with E-state index in [1.165, 1.54) is 0 Å². The van der Waals surface area contributed by atoms with Gasteiger partial charge in [-0.3, -0.25) is 0 Å². The molecule has 0 fully saturated rings. The van der Waals surface area contributed by atoms with Gasteiger partial charge in [-0.2, -0.15) is 0 Å². The van der Waals surface area contributed by atoms with Crippen molar-refractivity contribution >= 4 is 0 Å². The summed E-state index contributed by atoms with van der Waals surface area (Å²) in [5, 5.41) is 0. The third-order valence-electron chi connectivity index (χ3n) is 0. The van der Waals surface area contributed by atoms with Crippen molar-refractivity contribution in [2.45, 2.75) is 0 Å². The van der Waals surface area contributed by atoms with E-state index in [-0.39, 0.29) is 71.9 Å². The monoisotopic (exact) mass is 460 g/mol. The molecule has 0 bridgehead atoms. The van der Waals surface area contributed by atoms with E-state index in [4.69, 9.17) is 0 Å². The van der Waals surface area contributed by atoms with Crippen molar-refractivity contribution in [3.63, 3.8) is 0 Å².